The molecule has 86 valence electrons. The van der Waals surface area contributed by atoms with Gasteiger partial charge in [0.25, 0.3) is 0 Å². The molecule has 3 heteroatoms. The number of hydrogen-bond acceptors (Lipinski definition) is 2. The SMILES string of the molecule is CN(C)CCC(=Cc1ccccc1)C(=O)O. The van der Waals surface area contributed by atoms with Gasteiger partial charge >= 0.3 is 5.97 Å². The topological polar surface area (TPSA) is 40.5 Å². The Morgan fingerprint density at radius 2 is 1.94 bits per heavy atom. The molecule has 0 saturated heterocycles. The van der Waals surface area contributed by atoms with E-state index in [-0.39, 0.29) is 0 Å². The fourth-order valence-corrected chi connectivity index (χ4v) is 1.34. The molecule has 0 radical (unpaired) electrons. The Bertz CT molecular complexity index is 369. The van der Waals surface area contributed by atoms with Crippen molar-refractivity contribution in [3.63, 3.8) is 0 Å². The van der Waals surface area contributed by atoms with E-state index in [1.807, 2.05) is 49.3 Å². The summed E-state index contributed by atoms with van der Waals surface area (Å²) in [6.07, 6.45) is 2.28. The van der Waals surface area contributed by atoms with Crippen molar-refractivity contribution in [2.24, 2.45) is 0 Å². The van der Waals surface area contributed by atoms with Gasteiger partial charge in [0, 0.05) is 12.1 Å². The highest BCUT2D eigenvalue weighted by Gasteiger charge is 2.07. The van der Waals surface area contributed by atoms with E-state index in [0.29, 0.717) is 12.0 Å². The second-order valence-corrected chi connectivity index (χ2v) is 3.94. The predicted molar refractivity (Wildman–Crippen MR) is 65.2 cm³/mol. The van der Waals surface area contributed by atoms with Gasteiger partial charge in [0.1, 0.15) is 0 Å². The molecule has 16 heavy (non-hydrogen) atoms. The third-order valence-corrected chi connectivity index (χ3v) is 2.24. The van der Waals surface area contributed by atoms with Crippen LogP contribution in [-0.4, -0.2) is 36.6 Å². The maximum absolute atomic E-state index is 11.0. The molecule has 0 aromatic heterocycles. The summed E-state index contributed by atoms with van der Waals surface area (Å²) in [7, 11) is 3.87. The highest BCUT2D eigenvalue weighted by atomic mass is 16.4. The van der Waals surface area contributed by atoms with Gasteiger partial charge in [-0.05, 0) is 32.2 Å². The van der Waals surface area contributed by atoms with E-state index >= 15 is 0 Å². The van der Waals surface area contributed by atoms with Gasteiger partial charge in [-0.25, -0.2) is 4.79 Å². The molecule has 0 atom stereocenters. The number of aliphatic carboxylic acids is 1. The number of rotatable bonds is 5. The molecule has 0 unspecified atom stereocenters. The number of benzene rings is 1. The first-order valence-electron chi connectivity index (χ1n) is 5.23. The average molecular weight is 219 g/mol. The minimum Gasteiger partial charge on any atom is -0.478 e. The second kappa shape index (κ2) is 6.08. The predicted octanol–water partition coefficient (Wildman–Crippen LogP) is 2.11. The first-order valence-corrected chi connectivity index (χ1v) is 5.23. The average Bonchev–Trinajstić information content (AvgIpc) is 2.25. The van der Waals surface area contributed by atoms with E-state index < -0.39 is 5.97 Å². The zero-order valence-corrected chi connectivity index (χ0v) is 9.68. The van der Waals surface area contributed by atoms with E-state index in [9.17, 15) is 4.79 Å². The van der Waals surface area contributed by atoms with Crippen LogP contribution >= 0.6 is 0 Å². The van der Waals surface area contributed by atoms with Crippen LogP contribution in [0.3, 0.4) is 0 Å². The van der Waals surface area contributed by atoms with Crippen molar-refractivity contribution in [1.29, 1.82) is 0 Å². The largest absolute Gasteiger partial charge is 0.478 e. The molecule has 0 aliphatic carbocycles. The Kier molecular flexibility index (Phi) is 4.73. The van der Waals surface area contributed by atoms with Crippen LogP contribution in [-0.2, 0) is 4.79 Å². The van der Waals surface area contributed by atoms with Crippen LogP contribution < -0.4 is 0 Å². The van der Waals surface area contributed by atoms with Crippen LogP contribution in [0.15, 0.2) is 35.9 Å². The highest BCUT2D eigenvalue weighted by Crippen LogP contribution is 2.10. The number of carboxylic acids is 1. The van der Waals surface area contributed by atoms with Crippen LogP contribution in [0.4, 0.5) is 0 Å². The lowest BCUT2D eigenvalue weighted by Gasteiger charge is -2.09. The van der Waals surface area contributed by atoms with Crippen molar-refractivity contribution in [3.8, 4) is 0 Å². The molecule has 0 spiro atoms. The summed E-state index contributed by atoms with van der Waals surface area (Å²) >= 11 is 0. The molecule has 1 N–H and O–H groups in total. The van der Waals surface area contributed by atoms with Gasteiger partial charge in [0.15, 0.2) is 0 Å². The molecule has 0 aliphatic heterocycles. The number of nitrogens with zero attached hydrogens (tertiary/aromatic N) is 1. The lowest BCUT2D eigenvalue weighted by Crippen LogP contribution is -2.15. The first-order chi connectivity index (χ1) is 7.59. The van der Waals surface area contributed by atoms with Crippen molar-refractivity contribution in [1.82, 2.24) is 4.90 Å². The van der Waals surface area contributed by atoms with Crippen molar-refractivity contribution >= 4 is 12.0 Å². The number of carbonyl (C=O) groups is 1. The molecule has 0 heterocycles. The first kappa shape index (κ1) is 12.5. The molecule has 0 amide bonds. The molecule has 0 aliphatic rings. The Morgan fingerprint density at radius 1 is 1.31 bits per heavy atom. The van der Waals surface area contributed by atoms with Gasteiger partial charge < -0.3 is 10.0 Å². The van der Waals surface area contributed by atoms with Crippen molar-refractivity contribution in [2.45, 2.75) is 6.42 Å². The monoisotopic (exact) mass is 219 g/mol. The number of hydrogen-bond donors (Lipinski definition) is 1. The third-order valence-electron chi connectivity index (χ3n) is 2.24. The van der Waals surface area contributed by atoms with Gasteiger partial charge in [-0.15, -0.1) is 0 Å². The number of carboxylic acid groups (broad SMARTS) is 1. The normalized spacial score (nSPS) is 11.8. The zero-order chi connectivity index (χ0) is 12.0. The standard InChI is InChI=1S/C13H17NO2/c1-14(2)9-8-12(13(15)16)10-11-6-4-3-5-7-11/h3-7,10H,8-9H2,1-2H3,(H,15,16). The van der Waals surface area contributed by atoms with Gasteiger partial charge in [-0.3, -0.25) is 0 Å². The molecule has 0 bridgehead atoms. The second-order valence-electron chi connectivity index (χ2n) is 3.94. The van der Waals surface area contributed by atoms with Gasteiger partial charge in [0.2, 0.25) is 0 Å². The summed E-state index contributed by atoms with van der Waals surface area (Å²) in [5, 5.41) is 9.06. The molecule has 1 aromatic rings. The summed E-state index contributed by atoms with van der Waals surface area (Å²) in [4.78, 5) is 13.0. The van der Waals surface area contributed by atoms with Crippen molar-refractivity contribution < 1.29 is 9.90 Å². The maximum Gasteiger partial charge on any atom is 0.331 e. The van der Waals surface area contributed by atoms with Gasteiger partial charge in [-0.1, -0.05) is 30.3 Å². The van der Waals surface area contributed by atoms with E-state index in [4.69, 9.17) is 5.11 Å². The van der Waals surface area contributed by atoms with Crippen LogP contribution in [0.5, 0.6) is 0 Å². The van der Waals surface area contributed by atoms with E-state index in [2.05, 4.69) is 0 Å². The Morgan fingerprint density at radius 3 is 2.44 bits per heavy atom. The fourth-order valence-electron chi connectivity index (χ4n) is 1.34. The maximum atomic E-state index is 11.0. The fraction of sp³-hybridized carbons (Fsp3) is 0.308. The summed E-state index contributed by atoms with van der Waals surface area (Å²) in [6.45, 7) is 0.741. The lowest BCUT2D eigenvalue weighted by atomic mass is 10.1. The van der Waals surface area contributed by atoms with Crippen molar-refractivity contribution in [3.05, 3.63) is 41.5 Å². The van der Waals surface area contributed by atoms with Crippen LogP contribution in [0, 0.1) is 0 Å². The lowest BCUT2D eigenvalue weighted by molar-refractivity contribution is -0.132. The molecule has 0 saturated carbocycles. The quantitative estimate of drug-likeness (QED) is 0.771. The van der Waals surface area contributed by atoms with Crippen molar-refractivity contribution in [2.75, 3.05) is 20.6 Å². The van der Waals surface area contributed by atoms with Crippen LogP contribution in [0.25, 0.3) is 6.08 Å². The smallest absolute Gasteiger partial charge is 0.331 e. The summed E-state index contributed by atoms with van der Waals surface area (Å²) in [5.41, 5.74) is 1.37. The van der Waals surface area contributed by atoms with E-state index in [1.54, 1.807) is 6.08 Å². The van der Waals surface area contributed by atoms with Crippen LogP contribution in [0.2, 0.25) is 0 Å². The zero-order valence-electron chi connectivity index (χ0n) is 9.68. The Hall–Kier alpha value is -1.61. The van der Waals surface area contributed by atoms with Crippen LogP contribution in [0.1, 0.15) is 12.0 Å². The highest BCUT2D eigenvalue weighted by molar-refractivity contribution is 5.92. The summed E-state index contributed by atoms with van der Waals surface area (Å²) in [5.74, 6) is -0.842. The van der Waals surface area contributed by atoms with Gasteiger partial charge in [0.05, 0.1) is 0 Å². The molecule has 1 rings (SSSR count). The third kappa shape index (κ3) is 4.28. The Labute approximate surface area is 96.0 Å². The molecule has 1 aromatic carbocycles. The molecular weight excluding hydrogens is 202 g/mol. The molecular formula is C13H17NO2. The minimum absolute atomic E-state index is 0.444. The minimum atomic E-state index is -0.842. The molecule has 0 fully saturated rings. The van der Waals surface area contributed by atoms with E-state index in [0.717, 1.165) is 12.1 Å². The summed E-state index contributed by atoms with van der Waals surface area (Å²) in [6, 6.07) is 9.52. The summed E-state index contributed by atoms with van der Waals surface area (Å²) < 4.78 is 0. The van der Waals surface area contributed by atoms with E-state index in [1.165, 1.54) is 0 Å². The van der Waals surface area contributed by atoms with Gasteiger partial charge in [-0.2, -0.15) is 0 Å². The molecule has 3 nitrogen and oxygen atoms in total. The Balaban J connectivity index is 2.78.